The fraction of sp³-hybridized carbons (Fsp3) is 0.373. The largest absolute Gasteiger partial charge is 0.484 e. The Morgan fingerprint density at radius 2 is 1.52 bits per heavy atom. The van der Waals surface area contributed by atoms with Crippen molar-refractivity contribution < 1.29 is 29.0 Å². The average Bonchev–Trinajstić information content (AvgIpc) is 4.09. The fourth-order valence-corrected chi connectivity index (χ4v) is 10.6. The van der Waals surface area contributed by atoms with Gasteiger partial charge in [0.2, 0.25) is 11.8 Å². The number of thiazole rings is 1. The zero-order valence-electron chi connectivity index (χ0n) is 40.4. The zero-order chi connectivity index (χ0) is 49.5. The molecule has 360 valence electrons. The van der Waals surface area contributed by atoms with Crippen molar-refractivity contribution in [2.24, 2.45) is 10.4 Å². The van der Waals surface area contributed by atoms with Crippen molar-refractivity contribution in [2.45, 2.75) is 92.2 Å². The number of fused-ring (bicyclic) bond motifs is 3. The first-order chi connectivity index (χ1) is 32.8. The van der Waals surface area contributed by atoms with Crippen molar-refractivity contribution in [3.05, 3.63) is 123 Å². The molecule has 0 aliphatic carbocycles. The molecule has 5 amide bonds. The number of hydrogen-bond donors (Lipinski definition) is 4. The molecule has 0 spiro atoms. The summed E-state index contributed by atoms with van der Waals surface area (Å²) in [7, 11) is 3.35. The Morgan fingerprint density at radius 1 is 0.884 bits per heavy atom. The Balaban J connectivity index is 0.908. The van der Waals surface area contributed by atoms with Gasteiger partial charge in [0.25, 0.3) is 5.91 Å². The van der Waals surface area contributed by atoms with Crippen molar-refractivity contribution in [3.63, 3.8) is 0 Å². The lowest BCUT2D eigenvalue weighted by molar-refractivity contribution is -0.144. The molecule has 4 N–H and O–H groups in total. The molecule has 5 heterocycles. The van der Waals surface area contributed by atoms with Gasteiger partial charge in [0.15, 0.2) is 18.6 Å². The summed E-state index contributed by atoms with van der Waals surface area (Å²) in [5, 5.41) is 29.4. The second kappa shape index (κ2) is 19.7. The highest BCUT2D eigenvalue weighted by Gasteiger charge is 2.45. The van der Waals surface area contributed by atoms with Crippen LogP contribution in [0.4, 0.5) is 4.79 Å². The normalized spacial score (nSPS) is 17.5. The minimum Gasteiger partial charge on any atom is -0.484 e. The Hall–Kier alpha value is -6.76. The smallest absolute Gasteiger partial charge is 0.318 e. The third kappa shape index (κ3) is 10.2. The van der Waals surface area contributed by atoms with Crippen molar-refractivity contribution in [1.29, 1.82) is 0 Å². The molecule has 1 unspecified atom stereocenters. The summed E-state index contributed by atoms with van der Waals surface area (Å²) in [5.41, 5.74) is 9.50. The number of aromatic nitrogens is 4. The maximum absolute atomic E-state index is 14.2. The minimum absolute atomic E-state index is 0.0344. The second-order valence-corrected chi connectivity index (χ2v) is 21.0. The first kappa shape index (κ1) is 48.7. The molecule has 69 heavy (non-hydrogen) atoms. The highest BCUT2D eigenvalue weighted by atomic mass is 32.1. The molecule has 18 heteroatoms. The molecule has 0 radical (unpaired) electrons. The molecule has 3 aromatic heterocycles. The molecule has 1 saturated heterocycles. The Morgan fingerprint density at radius 3 is 2.14 bits per heavy atom. The van der Waals surface area contributed by atoms with Crippen molar-refractivity contribution in [3.8, 4) is 32.3 Å². The maximum atomic E-state index is 14.2. The van der Waals surface area contributed by atoms with E-state index in [-0.39, 0.29) is 37.6 Å². The number of nitrogens with one attached hydrogen (secondary N) is 3. The maximum Gasteiger partial charge on any atom is 0.318 e. The third-order valence-electron chi connectivity index (χ3n) is 12.6. The van der Waals surface area contributed by atoms with Crippen LogP contribution in [0.25, 0.3) is 26.6 Å². The van der Waals surface area contributed by atoms with E-state index >= 15 is 0 Å². The van der Waals surface area contributed by atoms with E-state index in [0.717, 1.165) is 65.1 Å². The predicted molar refractivity (Wildman–Crippen MR) is 268 cm³/mol. The number of amides is 5. The number of aliphatic imine (C=N–C) groups is 1. The number of aryl methyl sites for hydroxylation is 3. The molecular formula is C51H58N10O6S2. The molecule has 1 fully saturated rings. The first-order valence-corrected chi connectivity index (χ1v) is 24.5. The number of aliphatic hydroxyl groups is 1. The molecule has 0 bridgehead atoms. The number of thiophene rings is 1. The summed E-state index contributed by atoms with van der Waals surface area (Å²) in [5.74, 6) is 0.348. The van der Waals surface area contributed by atoms with Crippen molar-refractivity contribution >= 4 is 52.1 Å². The summed E-state index contributed by atoms with van der Waals surface area (Å²) in [6, 6.07) is 20.8. The molecule has 6 aromatic rings. The summed E-state index contributed by atoms with van der Waals surface area (Å²) in [6.07, 6.45) is -1.60. The van der Waals surface area contributed by atoms with Gasteiger partial charge in [0.05, 0.1) is 33.9 Å². The predicted octanol–water partition coefficient (Wildman–Crippen LogP) is 7.22. The third-order valence-corrected chi connectivity index (χ3v) is 14.8. The topological polar surface area (TPSA) is 196 Å². The van der Waals surface area contributed by atoms with Gasteiger partial charge in [-0.05, 0) is 80.0 Å². The number of carbonyl (C=O) groups is 4. The molecular weight excluding hydrogens is 913 g/mol. The van der Waals surface area contributed by atoms with E-state index in [9.17, 15) is 24.3 Å². The van der Waals surface area contributed by atoms with Gasteiger partial charge >= 0.3 is 6.03 Å². The van der Waals surface area contributed by atoms with Crippen LogP contribution in [0.3, 0.4) is 0 Å². The van der Waals surface area contributed by atoms with Crippen LogP contribution in [-0.2, 0) is 14.4 Å². The number of β-amino-alcohol motifs (C(OH)–C–C–N with tert-alkyl or cyclic N) is 1. The number of benzene rings is 3. The molecule has 2 aliphatic heterocycles. The van der Waals surface area contributed by atoms with Crippen LogP contribution in [0.5, 0.6) is 5.75 Å². The van der Waals surface area contributed by atoms with Gasteiger partial charge in [-0.15, -0.1) is 32.9 Å². The number of aliphatic hydroxyl groups excluding tert-OH is 1. The number of carbonyl (C=O) groups excluding carboxylic acids is 4. The van der Waals surface area contributed by atoms with Gasteiger partial charge in [-0.2, -0.15) is 0 Å². The average molecular weight is 971 g/mol. The molecule has 5 atom stereocenters. The number of hydrogen-bond acceptors (Lipinski definition) is 12. The number of urea groups is 1. The van der Waals surface area contributed by atoms with E-state index in [1.807, 2.05) is 112 Å². The van der Waals surface area contributed by atoms with E-state index in [0.29, 0.717) is 17.4 Å². The first-order valence-electron chi connectivity index (χ1n) is 22.8. The Bertz CT molecular complexity index is 2910. The molecule has 3 aromatic carbocycles. The van der Waals surface area contributed by atoms with Gasteiger partial charge in [-0.25, -0.2) is 9.78 Å². The van der Waals surface area contributed by atoms with E-state index in [1.165, 1.54) is 9.80 Å². The standard InChI is InChI=1S/C51H58N10O6S2/c1-27-30(4)69-49-41(27)42(55-45(56-50(66)59(9)10)46-58-57-31(5)61(46)49)35-15-13-33(14-16-35)34-19-21-38(22-20-34)67-25-40(63)54-44(51(6,7)8)48(65)60-24-37(62)23-39(60)47(64)53-28(2)32-11-17-36(18-12-32)43-29(3)52-26-68-43/h11-22,26,28,37,39,44-45,62H,23-25H2,1-10H3,(H,53,64)(H,54,63)(H,56,66)/t28-,37+,39-,44+,45?/m0/s1. The van der Waals surface area contributed by atoms with Crippen LogP contribution in [-0.4, -0.2) is 110 Å². The van der Waals surface area contributed by atoms with Gasteiger partial charge in [0, 0.05) is 43.1 Å². The Labute approximate surface area is 409 Å². The summed E-state index contributed by atoms with van der Waals surface area (Å²) >= 11 is 3.21. The van der Waals surface area contributed by atoms with Crippen LogP contribution < -0.4 is 20.7 Å². The van der Waals surface area contributed by atoms with E-state index in [1.54, 1.807) is 48.9 Å². The van der Waals surface area contributed by atoms with Crippen LogP contribution in [0.15, 0.2) is 83.3 Å². The zero-order valence-corrected chi connectivity index (χ0v) is 42.1. The SMILES string of the molecule is Cc1ncsc1-c1ccc([C@H](C)NC(=O)[C@@H]2C[C@@H](O)CN2C(=O)[C@@H](NC(=O)COc2ccc(-c3ccc(C4=NC(NC(=O)N(C)C)c5nnc(C)n5-c5sc(C)c(C)c54)cc3)cc2)C(C)(C)C)cc1. The van der Waals surface area contributed by atoms with Crippen molar-refractivity contribution in [2.75, 3.05) is 27.2 Å². The lowest BCUT2D eigenvalue weighted by Gasteiger charge is -2.35. The van der Waals surface area contributed by atoms with Gasteiger partial charge in [-0.1, -0.05) is 81.4 Å². The van der Waals surface area contributed by atoms with Gasteiger partial charge < -0.3 is 35.6 Å². The van der Waals surface area contributed by atoms with Gasteiger partial charge in [-0.3, -0.25) is 23.9 Å². The van der Waals surface area contributed by atoms with Crippen LogP contribution in [0.2, 0.25) is 0 Å². The molecule has 8 rings (SSSR count). The Kier molecular flexibility index (Phi) is 13.9. The number of rotatable bonds is 12. The highest BCUT2D eigenvalue weighted by Crippen LogP contribution is 2.39. The minimum atomic E-state index is -1.01. The quantitative estimate of drug-likeness (QED) is 0.0979. The van der Waals surface area contributed by atoms with Crippen LogP contribution >= 0.6 is 22.7 Å². The van der Waals surface area contributed by atoms with Gasteiger partial charge in [0.1, 0.15) is 28.7 Å². The molecule has 16 nitrogen and oxygen atoms in total. The number of ether oxygens (including phenoxy) is 1. The monoisotopic (exact) mass is 970 g/mol. The lowest BCUT2D eigenvalue weighted by Crippen LogP contribution is -2.58. The molecule has 0 saturated carbocycles. The summed E-state index contributed by atoms with van der Waals surface area (Å²) < 4.78 is 7.89. The van der Waals surface area contributed by atoms with Crippen molar-refractivity contribution in [1.82, 2.24) is 45.5 Å². The summed E-state index contributed by atoms with van der Waals surface area (Å²) in [6.45, 7) is 15.0. The molecule has 2 aliphatic rings. The fourth-order valence-electron chi connectivity index (χ4n) is 8.60. The highest BCUT2D eigenvalue weighted by molar-refractivity contribution is 7.15. The van der Waals surface area contributed by atoms with Crippen LogP contribution in [0.1, 0.15) is 90.8 Å². The second-order valence-electron chi connectivity index (χ2n) is 18.9. The summed E-state index contributed by atoms with van der Waals surface area (Å²) in [4.78, 5) is 68.9. The van der Waals surface area contributed by atoms with E-state index < -0.39 is 41.6 Å². The van der Waals surface area contributed by atoms with E-state index in [2.05, 4.69) is 45.0 Å². The van der Waals surface area contributed by atoms with Crippen LogP contribution in [0, 0.1) is 33.1 Å². The lowest BCUT2D eigenvalue weighted by atomic mass is 9.85. The number of likely N-dealkylation sites (tertiary alicyclic amines) is 1. The van der Waals surface area contributed by atoms with E-state index in [4.69, 9.17) is 9.73 Å². The number of nitrogens with zero attached hydrogens (tertiary/aromatic N) is 7.